The van der Waals surface area contributed by atoms with Crippen molar-refractivity contribution in [3.63, 3.8) is 0 Å². The molecular weight excluding hydrogens is 414 g/mol. The molecule has 0 spiro atoms. The lowest BCUT2D eigenvalue weighted by atomic mass is 10.2. The highest BCUT2D eigenvalue weighted by atomic mass is 32.2. The lowest BCUT2D eigenvalue weighted by Crippen LogP contribution is -2.33. The molecule has 1 aliphatic rings. The average molecular weight is 438 g/mol. The number of alkyl carbamates (subject to hydrolysis) is 1. The number of rotatable bonds is 7. The van der Waals surface area contributed by atoms with Gasteiger partial charge in [-0.15, -0.1) is 11.3 Å². The Morgan fingerprint density at radius 3 is 2.71 bits per heavy atom. The number of thiophene rings is 1. The number of nitrogens with zero attached hydrogens (tertiary/aromatic N) is 1. The second-order valence-corrected chi connectivity index (χ2v) is 10.0. The van der Waals surface area contributed by atoms with Gasteiger partial charge in [0.2, 0.25) is 5.91 Å². The first-order valence-electron chi connectivity index (χ1n) is 8.95. The van der Waals surface area contributed by atoms with Gasteiger partial charge in [0.25, 0.3) is 0 Å². The second-order valence-electron chi connectivity index (χ2n) is 6.13. The van der Waals surface area contributed by atoms with Gasteiger partial charge in [-0.2, -0.15) is 11.8 Å². The summed E-state index contributed by atoms with van der Waals surface area (Å²) >= 11 is 5.40. The minimum atomic E-state index is -0.611. The second kappa shape index (κ2) is 10.8. The largest absolute Gasteiger partial charge is 0.445 e. The number of carbonyl (C=O) groups excluding carboxylic acids is 2. The maximum atomic E-state index is 12.1. The molecule has 2 amide bonds. The monoisotopic (exact) mass is 437 g/mol. The van der Waals surface area contributed by atoms with Gasteiger partial charge < -0.3 is 15.4 Å². The Balaban J connectivity index is 1.41. The van der Waals surface area contributed by atoms with Crippen LogP contribution in [0.5, 0.6) is 0 Å². The Hall–Kier alpha value is -1.68. The summed E-state index contributed by atoms with van der Waals surface area (Å²) in [5.74, 6) is 2.04. The van der Waals surface area contributed by atoms with Gasteiger partial charge in [0.1, 0.15) is 13.2 Å². The van der Waals surface area contributed by atoms with Crippen molar-refractivity contribution in [2.75, 3.05) is 36.5 Å². The molecule has 1 aromatic heterocycles. The van der Waals surface area contributed by atoms with Gasteiger partial charge in [-0.1, -0.05) is 30.3 Å². The number of ether oxygens (including phenoxy) is 1. The molecule has 0 radical (unpaired) electrons. The van der Waals surface area contributed by atoms with Crippen LogP contribution in [0, 0.1) is 6.92 Å². The van der Waals surface area contributed by atoms with Gasteiger partial charge in [-0.3, -0.25) is 4.79 Å². The summed E-state index contributed by atoms with van der Waals surface area (Å²) in [6.07, 6.45) is -0.611. The number of amides is 2. The van der Waals surface area contributed by atoms with E-state index in [9.17, 15) is 9.59 Å². The number of hydrogen-bond acceptors (Lipinski definition) is 7. The summed E-state index contributed by atoms with van der Waals surface area (Å²) in [7, 11) is 0. The van der Waals surface area contributed by atoms with Crippen molar-refractivity contribution in [3.05, 3.63) is 46.8 Å². The SMILES string of the molecule is Cc1sc(SN2CCSCC2)cc1NC(=O)CNC(=O)OCc1ccccc1. The number of carbonyl (C=O) groups is 2. The van der Waals surface area contributed by atoms with Gasteiger partial charge in [0.15, 0.2) is 0 Å². The summed E-state index contributed by atoms with van der Waals surface area (Å²) in [6.45, 7) is 4.17. The van der Waals surface area contributed by atoms with E-state index in [0.29, 0.717) is 0 Å². The van der Waals surface area contributed by atoms with E-state index in [4.69, 9.17) is 4.74 Å². The van der Waals surface area contributed by atoms with Crippen molar-refractivity contribution in [2.24, 2.45) is 0 Å². The van der Waals surface area contributed by atoms with Crippen molar-refractivity contribution in [2.45, 2.75) is 17.7 Å². The maximum Gasteiger partial charge on any atom is 0.407 e. The van der Waals surface area contributed by atoms with Gasteiger partial charge in [0.05, 0.1) is 9.90 Å². The summed E-state index contributed by atoms with van der Waals surface area (Å²) in [5, 5.41) is 5.34. The molecule has 28 heavy (non-hydrogen) atoms. The molecule has 0 unspecified atom stereocenters. The fraction of sp³-hybridized carbons (Fsp3) is 0.368. The molecular formula is C19H23N3O3S3. The number of aryl methyl sites for hydroxylation is 1. The van der Waals surface area contributed by atoms with E-state index in [1.165, 1.54) is 0 Å². The molecule has 0 saturated carbocycles. The summed E-state index contributed by atoms with van der Waals surface area (Å²) in [4.78, 5) is 24.9. The Kier molecular flexibility index (Phi) is 8.08. The first kappa shape index (κ1) is 21.0. The van der Waals surface area contributed by atoms with Crippen LogP contribution >= 0.6 is 35.0 Å². The van der Waals surface area contributed by atoms with E-state index in [1.807, 2.05) is 55.1 Å². The molecule has 6 nitrogen and oxygen atoms in total. The molecule has 3 rings (SSSR count). The van der Waals surface area contributed by atoms with Gasteiger partial charge in [-0.05, 0) is 30.5 Å². The van der Waals surface area contributed by atoms with Crippen LogP contribution in [0.1, 0.15) is 10.4 Å². The Bertz CT molecular complexity index is 792. The van der Waals surface area contributed by atoms with Crippen LogP contribution < -0.4 is 10.6 Å². The third-order valence-electron chi connectivity index (χ3n) is 3.96. The Morgan fingerprint density at radius 2 is 1.96 bits per heavy atom. The molecule has 1 aromatic carbocycles. The van der Waals surface area contributed by atoms with Crippen LogP contribution in [-0.4, -0.2) is 47.4 Å². The zero-order valence-electron chi connectivity index (χ0n) is 15.6. The van der Waals surface area contributed by atoms with E-state index < -0.39 is 6.09 Å². The summed E-state index contributed by atoms with van der Waals surface area (Å²) < 4.78 is 8.62. The van der Waals surface area contributed by atoms with Crippen LogP contribution in [0.4, 0.5) is 10.5 Å². The van der Waals surface area contributed by atoms with E-state index in [2.05, 4.69) is 14.9 Å². The predicted octanol–water partition coefficient (Wildman–Crippen LogP) is 3.98. The van der Waals surface area contributed by atoms with Crippen molar-refractivity contribution in [1.29, 1.82) is 0 Å². The minimum absolute atomic E-state index is 0.130. The zero-order chi connectivity index (χ0) is 19.8. The van der Waals surface area contributed by atoms with E-state index in [1.54, 1.807) is 23.3 Å². The maximum absolute atomic E-state index is 12.1. The van der Waals surface area contributed by atoms with E-state index in [-0.39, 0.29) is 19.1 Å². The Labute approximate surface area is 177 Å². The number of hydrogen-bond donors (Lipinski definition) is 2. The average Bonchev–Trinajstić information content (AvgIpc) is 3.05. The molecule has 1 aliphatic heterocycles. The summed E-state index contributed by atoms with van der Waals surface area (Å²) in [5.41, 5.74) is 1.69. The van der Waals surface area contributed by atoms with Crippen molar-refractivity contribution < 1.29 is 14.3 Å². The molecule has 1 saturated heterocycles. The van der Waals surface area contributed by atoms with Crippen LogP contribution in [0.25, 0.3) is 0 Å². The highest BCUT2D eigenvalue weighted by Crippen LogP contribution is 2.36. The molecule has 150 valence electrons. The van der Waals surface area contributed by atoms with Gasteiger partial charge in [0, 0.05) is 29.5 Å². The number of benzene rings is 1. The first-order valence-corrected chi connectivity index (χ1v) is 11.7. The number of nitrogens with one attached hydrogen (secondary N) is 2. The number of anilines is 1. The van der Waals surface area contributed by atoms with Crippen LogP contribution in [-0.2, 0) is 16.1 Å². The molecule has 0 bridgehead atoms. The lowest BCUT2D eigenvalue weighted by molar-refractivity contribution is -0.115. The summed E-state index contributed by atoms with van der Waals surface area (Å²) in [6, 6.07) is 11.4. The third kappa shape index (κ3) is 6.73. The van der Waals surface area contributed by atoms with Crippen LogP contribution in [0.2, 0.25) is 0 Å². The highest BCUT2D eigenvalue weighted by molar-refractivity contribution is 8.00. The van der Waals surface area contributed by atoms with E-state index >= 15 is 0 Å². The molecule has 2 aromatic rings. The van der Waals surface area contributed by atoms with Gasteiger partial charge >= 0.3 is 6.09 Å². The molecule has 0 aliphatic carbocycles. The quantitative estimate of drug-likeness (QED) is 0.639. The van der Waals surface area contributed by atoms with Crippen LogP contribution in [0.15, 0.2) is 40.6 Å². The lowest BCUT2D eigenvalue weighted by Gasteiger charge is -2.23. The zero-order valence-corrected chi connectivity index (χ0v) is 18.1. The standard InChI is InChI=1S/C19H23N3O3S3/c1-14-16(11-18(27-14)28-22-7-9-26-10-8-22)21-17(23)12-20-19(24)25-13-15-5-3-2-4-6-15/h2-6,11H,7-10,12-13H2,1H3,(H,20,24)(H,21,23). The van der Waals surface area contributed by atoms with Crippen molar-refractivity contribution >= 4 is 52.7 Å². The number of thioether (sulfide) groups is 1. The fourth-order valence-corrected chi connectivity index (χ4v) is 5.97. The first-order chi connectivity index (χ1) is 13.6. The van der Waals surface area contributed by atoms with E-state index in [0.717, 1.165) is 44.9 Å². The topological polar surface area (TPSA) is 70.7 Å². The molecule has 0 atom stereocenters. The van der Waals surface area contributed by atoms with Crippen molar-refractivity contribution in [3.8, 4) is 0 Å². The fourth-order valence-electron chi connectivity index (χ4n) is 2.51. The minimum Gasteiger partial charge on any atom is -0.445 e. The molecule has 2 heterocycles. The van der Waals surface area contributed by atoms with Crippen molar-refractivity contribution in [1.82, 2.24) is 9.62 Å². The third-order valence-corrected chi connectivity index (χ3v) is 7.15. The predicted molar refractivity (Wildman–Crippen MR) is 117 cm³/mol. The Morgan fingerprint density at radius 1 is 1.21 bits per heavy atom. The molecule has 2 N–H and O–H groups in total. The normalized spacial score (nSPS) is 14.5. The van der Waals surface area contributed by atoms with Gasteiger partial charge in [-0.25, -0.2) is 9.10 Å². The highest BCUT2D eigenvalue weighted by Gasteiger charge is 2.15. The van der Waals surface area contributed by atoms with Crippen LogP contribution in [0.3, 0.4) is 0 Å². The molecule has 9 heteroatoms. The smallest absolute Gasteiger partial charge is 0.407 e. The molecule has 1 fully saturated rings.